The van der Waals surface area contributed by atoms with E-state index in [0.29, 0.717) is 0 Å². The predicted octanol–water partition coefficient (Wildman–Crippen LogP) is 9.39. The highest BCUT2D eigenvalue weighted by atomic mass is 16.3. The number of aromatic nitrogens is 3. The molecule has 0 aliphatic rings. The minimum Gasteiger partial charge on any atom is -0.507 e. The van der Waals surface area contributed by atoms with Gasteiger partial charge in [-0.25, -0.2) is 9.97 Å². The van der Waals surface area contributed by atoms with Crippen molar-refractivity contribution in [1.29, 1.82) is 0 Å². The van der Waals surface area contributed by atoms with Gasteiger partial charge in [-0.2, -0.15) is 0 Å². The summed E-state index contributed by atoms with van der Waals surface area (Å²) in [5.41, 5.74) is 12.4. The van der Waals surface area contributed by atoms with Crippen LogP contribution in [0, 0.1) is 13.8 Å². The molecule has 0 fully saturated rings. The molecule has 0 amide bonds. The fraction of sp³-hybridized carbons (Fsp3) is 0.0526. The molecule has 0 saturated carbocycles. The average Bonchev–Trinajstić information content (AvgIpc) is 3.43. The maximum absolute atomic E-state index is 11.0. The Morgan fingerprint density at radius 3 is 2.05 bits per heavy atom. The van der Waals surface area contributed by atoms with E-state index in [1.807, 2.05) is 49.4 Å². The number of nitrogens with zero attached hydrogens (tertiary/aromatic N) is 3. The third kappa shape index (κ3) is 4.53. The van der Waals surface area contributed by atoms with E-state index < -0.39 is 0 Å². The number of rotatable bonds is 5. The Kier molecular flexibility index (Phi) is 6.37. The lowest BCUT2D eigenvalue weighted by Crippen LogP contribution is -1.94. The second-order valence-electron chi connectivity index (χ2n) is 10.6. The first-order valence-electron chi connectivity index (χ1n) is 14.1. The molecule has 42 heavy (non-hydrogen) atoms. The Morgan fingerprint density at radius 2 is 1.19 bits per heavy atom. The van der Waals surface area contributed by atoms with Gasteiger partial charge in [-0.1, -0.05) is 91.0 Å². The summed E-state index contributed by atoms with van der Waals surface area (Å²) >= 11 is 0. The molecular weight excluding hydrogens is 514 g/mol. The number of fused-ring (bicyclic) bond motifs is 1. The number of phenols is 1. The topological polar surface area (TPSA) is 50.4 Å². The molecule has 0 aliphatic carbocycles. The molecule has 0 bridgehead atoms. The van der Waals surface area contributed by atoms with E-state index in [-0.39, 0.29) is 5.75 Å². The van der Waals surface area contributed by atoms with Gasteiger partial charge in [-0.05, 0) is 72.5 Å². The number of pyridine rings is 2. The Bertz CT molecular complexity index is 2070. The zero-order valence-electron chi connectivity index (χ0n) is 23.5. The molecule has 4 aromatic carbocycles. The molecule has 202 valence electrons. The molecule has 0 saturated heterocycles. The molecule has 4 heteroatoms. The molecule has 3 aromatic heterocycles. The van der Waals surface area contributed by atoms with Crippen LogP contribution in [-0.2, 0) is 0 Å². The van der Waals surface area contributed by atoms with Crippen LogP contribution in [0.1, 0.15) is 11.1 Å². The maximum atomic E-state index is 11.0. The summed E-state index contributed by atoms with van der Waals surface area (Å²) in [6.07, 6.45) is 2.06. The maximum Gasteiger partial charge on any atom is 0.137 e. The van der Waals surface area contributed by atoms with Crippen molar-refractivity contribution in [1.82, 2.24) is 14.4 Å². The molecule has 1 N–H and O–H groups in total. The summed E-state index contributed by atoms with van der Waals surface area (Å²) < 4.78 is 2.15. The van der Waals surface area contributed by atoms with Crippen molar-refractivity contribution in [3.8, 4) is 61.9 Å². The molecule has 0 atom stereocenters. The highest BCUT2D eigenvalue weighted by Crippen LogP contribution is 2.38. The number of hydrogen-bond acceptors (Lipinski definition) is 3. The van der Waals surface area contributed by atoms with Gasteiger partial charge in [-0.3, -0.25) is 4.40 Å². The first kappa shape index (κ1) is 25.5. The Labute approximate surface area is 245 Å². The summed E-state index contributed by atoms with van der Waals surface area (Å²) in [4.78, 5) is 10.2. The van der Waals surface area contributed by atoms with Gasteiger partial charge in [0.15, 0.2) is 0 Å². The van der Waals surface area contributed by atoms with Crippen LogP contribution in [0.2, 0.25) is 0 Å². The lowest BCUT2D eigenvalue weighted by atomic mass is 9.95. The largest absolute Gasteiger partial charge is 0.507 e. The van der Waals surface area contributed by atoms with Crippen LogP contribution < -0.4 is 0 Å². The van der Waals surface area contributed by atoms with Crippen molar-refractivity contribution < 1.29 is 5.11 Å². The fourth-order valence-corrected chi connectivity index (χ4v) is 5.63. The summed E-state index contributed by atoms with van der Waals surface area (Å²) in [5.74, 6) is 0.254. The molecule has 0 spiro atoms. The van der Waals surface area contributed by atoms with Gasteiger partial charge >= 0.3 is 0 Å². The smallest absolute Gasteiger partial charge is 0.137 e. The van der Waals surface area contributed by atoms with E-state index in [1.165, 1.54) is 5.56 Å². The SMILES string of the molecule is Cc1ccccc1-c1cc(-c2cccc(-c3nc4ccccn4c3-c3ccccc3)c2)nc(-c2cccc(C)c2O)c1. The lowest BCUT2D eigenvalue weighted by molar-refractivity contribution is 0.473. The van der Waals surface area contributed by atoms with Gasteiger partial charge < -0.3 is 5.11 Å². The van der Waals surface area contributed by atoms with Crippen molar-refractivity contribution in [3.63, 3.8) is 0 Å². The van der Waals surface area contributed by atoms with Crippen molar-refractivity contribution in [3.05, 3.63) is 145 Å². The number of phenolic OH excluding ortho intramolecular Hbond substituents is 1. The molecule has 0 radical (unpaired) electrons. The summed E-state index contributed by atoms with van der Waals surface area (Å²) in [6.45, 7) is 4.03. The second kappa shape index (κ2) is 10.5. The molecule has 7 rings (SSSR count). The van der Waals surface area contributed by atoms with Crippen LogP contribution in [-0.4, -0.2) is 19.5 Å². The third-order valence-corrected chi connectivity index (χ3v) is 7.80. The molecule has 4 nitrogen and oxygen atoms in total. The van der Waals surface area contributed by atoms with Gasteiger partial charge in [0.2, 0.25) is 0 Å². The predicted molar refractivity (Wildman–Crippen MR) is 171 cm³/mol. The van der Waals surface area contributed by atoms with Gasteiger partial charge in [0.05, 0.1) is 22.8 Å². The van der Waals surface area contributed by atoms with Gasteiger partial charge in [0.1, 0.15) is 11.4 Å². The van der Waals surface area contributed by atoms with Gasteiger partial charge in [-0.15, -0.1) is 0 Å². The number of aromatic hydroxyl groups is 1. The summed E-state index contributed by atoms with van der Waals surface area (Å²) in [5, 5.41) is 11.0. The van der Waals surface area contributed by atoms with Crippen LogP contribution in [0.25, 0.3) is 61.8 Å². The highest BCUT2D eigenvalue weighted by molar-refractivity contribution is 5.85. The molecule has 3 heterocycles. The van der Waals surface area contributed by atoms with E-state index >= 15 is 0 Å². The van der Waals surface area contributed by atoms with E-state index in [1.54, 1.807) is 0 Å². The zero-order chi connectivity index (χ0) is 28.6. The quantitative estimate of drug-likeness (QED) is 0.235. The highest BCUT2D eigenvalue weighted by Gasteiger charge is 2.18. The average molecular weight is 544 g/mol. The van der Waals surface area contributed by atoms with Gasteiger partial charge in [0.25, 0.3) is 0 Å². The number of hydrogen-bond donors (Lipinski definition) is 1. The minimum atomic E-state index is 0.254. The number of aryl methyl sites for hydroxylation is 2. The third-order valence-electron chi connectivity index (χ3n) is 7.80. The van der Waals surface area contributed by atoms with Crippen LogP contribution in [0.15, 0.2) is 134 Å². The van der Waals surface area contributed by atoms with E-state index in [2.05, 4.69) is 102 Å². The van der Waals surface area contributed by atoms with E-state index in [0.717, 1.165) is 67.4 Å². The fourth-order valence-electron chi connectivity index (χ4n) is 5.63. The van der Waals surface area contributed by atoms with Crippen molar-refractivity contribution in [2.24, 2.45) is 0 Å². The van der Waals surface area contributed by atoms with E-state index in [4.69, 9.17) is 9.97 Å². The monoisotopic (exact) mass is 543 g/mol. The lowest BCUT2D eigenvalue weighted by Gasteiger charge is -2.14. The van der Waals surface area contributed by atoms with E-state index in [9.17, 15) is 5.11 Å². The van der Waals surface area contributed by atoms with Crippen LogP contribution >= 0.6 is 0 Å². The minimum absolute atomic E-state index is 0.254. The van der Waals surface area contributed by atoms with Crippen LogP contribution in [0.5, 0.6) is 5.75 Å². The molecule has 0 aliphatic heterocycles. The number of benzene rings is 4. The zero-order valence-corrected chi connectivity index (χ0v) is 23.5. The first-order valence-corrected chi connectivity index (χ1v) is 14.1. The van der Waals surface area contributed by atoms with Crippen LogP contribution in [0.4, 0.5) is 0 Å². The molecule has 7 aromatic rings. The second-order valence-corrected chi connectivity index (χ2v) is 10.6. The van der Waals surface area contributed by atoms with Crippen molar-refractivity contribution >= 4 is 5.65 Å². The van der Waals surface area contributed by atoms with Crippen molar-refractivity contribution in [2.75, 3.05) is 0 Å². The summed E-state index contributed by atoms with van der Waals surface area (Å²) in [7, 11) is 0. The van der Waals surface area contributed by atoms with Crippen LogP contribution in [0.3, 0.4) is 0 Å². The van der Waals surface area contributed by atoms with Gasteiger partial charge in [0, 0.05) is 28.5 Å². The Balaban J connectivity index is 1.43. The Hall–Kier alpha value is -5.48. The number of para-hydroxylation sites is 1. The summed E-state index contributed by atoms with van der Waals surface area (Å²) in [6, 6.07) is 43.3. The standard InChI is InChI=1S/C38H29N3O/c1-25-12-6-7-18-31(25)30-23-33(39-34(24-30)32-19-10-13-26(2)38(32)42)28-16-11-17-29(22-28)36-37(27-14-4-3-5-15-27)41-21-9-8-20-35(41)40-36/h3-24,42H,1-2H3. The molecule has 0 unspecified atom stereocenters. The molecular formula is C38H29N3O. The van der Waals surface area contributed by atoms with Crippen molar-refractivity contribution in [2.45, 2.75) is 13.8 Å². The Morgan fingerprint density at radius 1 is 0.524 bits per heavy atom. The first-order chi connectivity index (χ1) is 20.6. The number of imidazole rings is 1. The normalized spacial score (nSPS) is 11.2.